The molecule has 1 aliphatic heterocycles. The van der Waals surface area contributed by atoms with Gasteiger partial charge in [0, 0.05) is 15.6 Å². The van der Waals surface area contributed by atoms with Crippen LogP contribution in [0, 0.1) is 0 Å². The molecule has 38 heavy (non-hydrogen) atoms. The van der Waals surface area contributed by atoms with Crippen LogP contribution in [0.4, 0.5) is 5.95 Å². The minimum absolute atomic E-state index is 0.272. The standard InChI is InChI=1S/C28H24Cl2N4O4/c1-3-37-23-14-18(10-13-22(23)38-15-19-6-4-5-7-21(19)30)26-24(27(35)36-2)25(17-8-11-20(29)12-9-17)33-28-31-16-32-34(26)28/h4-14,16,26H,3,15H2,1-2H3,(H,31,32,33)/t26-/m1/s1. The number of anilines is 1. The van der Waals surface area contributed by atoms with E-state index in [1.807, 2.05) is 61.5 Å². The lowest BCUT2D eigenvalue weighted by Crippen LogP contribution is -2.29. The van der Waals surface area contributed by atoms with E-state index >= 15 is 0 Å². The van der Waals surface area contributed by atoms with E-state index in [9.17, 15) is 4.79 Å². The van der Waals surface area contributed by atoms with Gasteiger partial charge in [0.25, 0.3) is 0 Å². The monoisotopic (exact) mass is 550 g/mol. The second kappa shape index (κ2) is 11.2. The van der Waals surface area contributed by atoms with E-state index in [0.29, 0.717) is 45.4 Å². The first kappa shape index (κ1) is 25.6. The molecule has 0 aliphatic carbocycles. The van der Waals surface area contributed by atoms with Crippen molar-refractivity contribution in [2.75, 3.05) is 19.0 Å². The third-order valence-corrected chi connectivity index (χ3v) is 6.68. The molecule has 0 amide bonds. The van der Waals surface area contributed by atoms with Crippen LogP contribution in [0.5, 0.6) is 11.5 Å². The smallest absolute Gasteiger partial charge is 0.338 e. The summed E-state index contributed by atoms with van der Waals surface area (Å²) in [4.78, 5) is 17.6. The molecule has 1 atom stereocenters. The molecule has 0 unspecified atom stereocenters. The van der Waals surface area contributed by atoms with Crippen LogP contribution in [-0.2, 0) is 16.1 Å². The molecule has 0 fully saturated rings. The second-order valence-electron chi connectivity index (χ2n) is 8.36. The van der Waals surface area contributed by atoms with Crippen molar-refractivity contribution >= 4 is 40.8 Å². The Morgan fingerprint density at radius 2 is 1.82 bits per heavy atom. The zero-order chi connectivity index (χ0) is 26.6. The fraction of sp³-hybridized carbons (Fsp3) is 0.179. The number of carbonyl (C=O) groups is 1. The quantitative estimate of drug-likeness (QED) is 0.263. The number of aromatic nitrogens is 3. The van der Waals surface area contributed by atoms with Crippen molar-refractivity contribution in [1.29, 1.82) is 0 Å². The third-order valence-electron chi connectivity index (χ3n) is 6.06. The van der Waals surface area contributed by atoms with Gasteiger partial charge in [-0.3, -0.25) is 0 Å². The number of ether oxygens (including phenoxy) is 3. The summed E-state index contributed by atoms with van der Waals surface area (Å²) in [6.07, 6.45) is 1.43. The molecule has 4 aromatic rings. The summed E-state index contributed by atoms with van der Waals surface area (Å²) >= 11 is 12.4. The van der Waals surface area contributed by atoms with Crippen molar-refractivity contribution in [3.05, 3.63) is 105 Å². The Labute approximate surface area is 229 Å². The van der Waals surface area contributed by atoms with Crippen molar-refractivity contribution in [2.24, 2.45) is 0 Å². The van der Waals surface area contributed by atoms with Gasteiger partial charge < -0.3 is 19.5 Å². The Kier molecular flexibility index (Phi) is 7.53. The first-order valence-corrected chi connectivity index (χ1v) is 12.6. The van der Waals surface area contributed by atoms with E-state index < -0.39 is 12.0 Å². The maximum atomic E-state index is 13.2. The largest absolute Gasteiger partial charge is 0.490 e. The number of nitrogens with one attached hydrogen (secondary N) is 1. The molecule has 1 aromatic heterocycles. The van der Waals surface area contributed by atoms with E-state index in [2.05, 4.69) is 15.4 Å². The number of benzene rings is 3. The van der Waals surface area contributed by atoms with E-state index in [4.69, 9.17) is 37.4 Å². The number of hydrogen-bond acceptors (Lipinski definition) is 7. The van der Waals surface area contributed by atoms with E-state index in [1.54, 1.807) is 16.8 Å². The number of carbonyl (C=O) groups excluding carboxylic acids is 1. The van der Waals surface area contributed by atoms with Gasteiger partial charge in [-0.15, -0.1) is 0 Å². The number of methoxy groups -OCH3 is 1. The van der Waals surface area contributed by atoms with Crippen LogP contribution in [0.25, 0.3) is 5.70 Å². The maximum absolute atomic E-state index is 13.2. The first-order valence-electron chi connectivity index (χ1n) is 11.9. The van der Waals surface area contributed by atoms with Gasteiger partial charge in [-0.2, -0.15) is 10.1 Å². The van der Waals surface area contributed by atoms with Gasteiger partial charge in [0.15, 0.2) is 11.5 Å². The van der Waals surface area contributed by atoms with Crippen molar-refractivity contribution in [3.8, 4) is 11.5 Å². The van der Waals surface area contributed by atoms with Gasteiger partial charge in [0.05, 0.1) is 25.0 Å². The summed E-state index contributed by atoms with van der Waals surface area (Å²) in [6, 6.07) is 19.5. The van der Waals surface area contributed by atoms with E-state index in [-0.39, 0.29) is 6.61 Å². The van der Waals surface area contributed by atoms with E-state index in [0.717, 1.165) is 16.7 Å². The lowest BCUT2D eigenvalue weighted by atomic mass is 9.92. The average Bonchev–Trinajstić information content (AvgIpc) is 3.41. The Bertz CT molecular complexity index is 1500. The fourth-order valence-corrected chi connectivity index (χ4v) is 4.61. The highest BCUT2D eigenvalue weighted by molar-refractivity contribution is 6.31. The van der Waals surface area contributed by atoms with Crippen LogP contribution in [-0.4, -0.2) is 34.5 Å². The number of hydrogen-bond donors (Lipinski definition) is 1. The molecule has 0 bridgehead atoms. The summed E-state index contributed by atoms with van der Waals surface area (Å²) in [6.45, 7) is 2.58. The first-order chi connectivity index (χ1) is 18.5. The summed E-state index contributed by atoms with van der Waals surface area (Å²) in [5, 5.41) is 8.84. The minimum atomic E-state index is -0.649. The highest BCUT2D eigenvalue weighted by Crippen LogP contribution is 2.41. The number of halogens is 2. The lowest BCUT2D eigenvalue weighted by molar-refractivity contribution is -0.136. The van der Waals surface area contributed by atoms with Gasteiger partial charge >= 0.3 is 5.97 Å². The Balaban J connectivity index is 1.59. The summed E-state index contributed by atoms with van der Waals surface area (Å²) in [5.41, 5.74) is 3.25. The number of nitrogens with zero attached hydrogens (tertiary/aromatic N) is 3. The van der Waals surface area contributed by atoms with Gasteiger partial charge in [-0.05, 0) is 48.4 Å². The van der Waals surface area contributed by atoms with Crippen molar-refractivity contribution in [2.45, 2.75) is 19.6 Å². The van der Waals surface area contributed by atoms with Gasteiger partial charge in [-0.25, -0.2) is 9.48 Å². The maximum Gasteiger partial charge on any atom is 0.338 e. The molecular weight excluding hydrogens is 527 g/mol. The molecule has 10 heteroatoms. The molecule has 5 rings (SSSR count). The average molecular weight is 551 g/mol. The fourth-order valence-electron chi connectivity index (χ4n) is 4.30. The van der Waals surface area contributed by atoms with Crippen LogP contribution < -0.4 is 14.8 Å². The summed E-state index contributed by atoms with van der Waals surface area (Å²) < 4.78 is 18.9. The Hall–Kier alpha value is -4.01. The molecule has 1 N–H and O–H groups in total. The van der Waals surface area contributed by atoms with Gasteiger partial charge in [-0.1, -0.05) is 59.6 Å². The second-order valence-corrected chi connectivity index (χ2v) is 9.21. The number of fused-ring (bicyclic) bond motifs is 1. The molecule has 3 aromatic carbocycles. The Morgan fingerprint density at radius 1 is 1.03 bits per heavy atom. The predicted octanol–water partition coefficient (Wildman–Crippen LogP) is 6.16. The van der Waals surface area contributed by atoms with Crippen LogP contribution in [0.1, 0.15) is 29.7 Å². The molecule has 2 heterocycles. The molecule has 194 valence electrons. The molecule has 0 saturated carbocycles. The van der Waals surface area contributed by atoms with Crippen molar-refractivity contribution < 1.29 is 19.0 Å². The van der Waals surface area contributed by atoms with Crippen LogP contribution >= 0.6 is 23.2 Å². The Morgan fingerprint density at radius 3 is 2.55 bits per heavy atom. The van der Waals surface area contributed by atoms with Gasteiger partial charge in [0.2, 0.25) is 5.95 Å². The molecular formula is C28H24Cl2N4O4. The highest BCUT2D eigenvalue weighted by Gasteiger charge is 2.36. The SMILES string of the molecule is CCOc1cc([C@@H]2C(C(=O)OC)=C(c3ccc(Cl)cc3)Nc3ncnn32)ccc1OCc1ccccc1Cl. The number of esters is 1. The third kappa shape index (κ3) is 5.05. The van der Waals surface area contributed by atoms with Crippen molar-refractivity contribution in [1.82, 2.24) is 14.8 Å². The van der Waals surface area contributed by atoms with Crippen molar-refractivity contribution in [3.63, 3.8) is 0 Å². The summed E-state index contributed by atoms with van der Waals surface area (Å²) in [7, 11) is 1.35. The molecule has 0 saturated heterocycles. The van der Waals surface area contributed by atoms with Crippen LogP contribution in [0.3, 0.4) is 0 Å². The van der Waals surface area contributed by atoms with Gasteiger partial charge in [0.1, 0.15) is 19.0 Å². The molecule has 0 spiro atoms. The normalized spacial score (nSPS) is 14.5. The zero-order valence-corrected chi connectivity index (χ0v) is 22.2. The molecule has 0 radical (unpaired) electrons. The van der Waals surface area contributed by atoms with E-state index in [1.165, 1.54) is 13.4 Å². The molecule has 1 aliphatic rings. The summed E-state index contributed by atoms with van der Waals surface area (Å²) in [5.74, 6) is 1.04. The number of rotatable bonds is 8. The zero-order valence-electron chi connectivity index (χ0n) is 20.7. The predicted molar refractivity (Wildman–Crippen MR) is 146 cm³/mol. The van der Waals surface area contributed by atoms with Crippen LogP contribution in [0.2, 0.25) is 10.0 Å². The minimum Gasteiger partial charge on any atom is -0.490 e. The topological polar surface area (TPSA) is 87.5 Å². The highest BCUT2D eigenvalue weighted by atomic mass is 35.5. The molecule has 8 nitrogen and oxygen atoms in total. The van der Waals surface area contributed by atoms with Crippen LogP contribution in [0.15, 0.2) is 78.6 Å². The lowest BCUT2D eigenvalue weighted by Gasteiger charge is -2.29.